The molecule has 0 saturated heterocycles. The van der Waals surface area contributed by atoms with Crippen LogP contribution in [0.15, 0.2) is 24.4 Å². The van der Waals surface area contributed by atoms with Gasteiger partial charge in [-0.05, 0) is 18.2 Å². The number of benzene rings is 1. The van der Waals surface area contributed by atoms with Crippen LogP contribution in [-0.4, -0.2) is 22.8 Å². The second-order valence-electron chi connectivity index (χ2n) is 3.95. The first kappa shape index (κ1) is 13.5. The molecule has 20 heavy (non-hydrogen) atoms. The number of methoxy groups -OCH3 is 1. The normalized spacial score (nSPS) is 9.90. The van der Waals surface area contributed by atoms with E-state index in [1.54, 1.807) is 7.05 Å². The van der Waals surface area contributed by atoms with E-state index in [0.717, 1.165) is 6.07 Å². The van der Waals surface area contributed by atoms with Crippen LogP contribution in [0.5, 0.6) is 5.75 Å². The third kappa shape index (κ3) is 2.44. The van der Waals surface area contributed by atoms with Gasteiger partial charge in [0.15, 0.2) is 11.6 Å². The van der Waals surface area contributed by atoms with E-state index in [9.17, 15) is 9.18 Å². The van der Waals surface area contributed by atoms with E-state index < -0.39 is 11.7 Å². The highest BCUT2D eigenvalue weighted by molar-refractivity contribution is 6.04. The summed E-state index contributed by atoms with van der Waals surface area (Å²) in [6.45, 7) is 0. The summed E-state index contributed by atoms with van der Waals surface area (Å²) in [6, 6.07) is 5.77. The Balaban J connectivity index is 2.27. The number of carbonyl (C=O) groups excluding carboxylic acids is 1. The SMILES string of the molecule is COc1ccc(C(=O)Nc2c(C#N)cnn2C)cc1F. The molecule has 1 N–H and O–H groups in total. The fraction of sp³-hybridized carbons (Fsp3) is 0.154. The quantitative estimate of drug-likeness (QED) is 0.923. The lowest BCUT2D eigenvalue weighted by Gasteiger charge is -2.07. The number of hydrogen-bond acceptors (Lipinski definition) is 4. The number of hydrogen-bond donors (Lipinski definition) is 1. The average Bonchev–Trinajstić information content (AvgIpc) is 2.79. The molecule has 102 valence electrons. The van der Waals surface area contributed by atoms with Gasteiger partial charge in [-0.1, -0.05) is 0 Å². The Kier molecular flexibility index (Phi) is 3.66. The summed E-state index contributed by atoms with van der Waals surface area (Å²) in [6.07, 6.45) is 1.34. The van der Waals surface area contributed by atoms with Crippen LogP contribution in [0.3, 0.4) is 0 Å². The van der Waals surface area contributed by atoms with Crippen molar-refractivity contribution >= 4 is 11.7 Å². The molecule has 0 unspecified atom stereocenters. The molecule has 1 heterocycles. The lowest BCUT2D eigenvalue weighted by molar-refractivity contribution is 0.102. The van der Waals surface area contributed by atoms with Crippen LogP contribution in [-0.2, 0) is 7.05 Å². The number of nitrogens with one attached hydrogen (secondary N) is 1. The second kappa shape index (κ2) is 5.40. The van der Waals surface area contributed by atoms with Crippen molar-refractivity contribution in [2.75, 3.05) is 12.4 Å². The fourth-order valence-electron chi connectivity index (χ4n) is 1.65. The summed E-state index contributed by atoms with van der Waals surface area (Å²) >= 11 is 0. The third-order valence-electron chi connectivity index (χ3n) is 2.71. The van der Waals surface area contributed by atoms with E-state index in [2.05, 4.69) is 10.4 Å². The summed E-state index contributed by atoms with van der Waals surface area (Å²) in [5, 5.41) is 15.3. The van der Waals surface area contributed by atoms with Gasteiger partial charge in [-0.3, -0.25) is 9.48 Å². The topological polar surface area (TPSA) is 79.9 Å². The van der Waals surface area contributed by atoms with Crippen LogP contribution in [0.2, 0.25) is 0 Å². The van der Waals surface area contributed by atoms with Gasteiger partial charge in [0.1, 0.15) is 17.5 Å². The Hall–Kier alpha value is -2.88. The Morgan fingerprint density at radius 2 is 2.30 bits per heavy atom. The zero-order valence-corrected chi connectivity index (χ0v) is 10.8. The van der Waals surface area contributed by atoms with E-state index in [1.807, 2.05) is 6.07 Å². The molecule has 1 amide bonds. The molecule has 0 atom stereocenters. The standard InChI is InChI=1S/C13H11FN4O2/c1-18-12(9(6-15)7-16-18)17-13(19)8-3-4-11(20-2)10(14)5-8/h3-5,7H,1-2H3,(H,17,19). The first-order valence-electron chi connectivity index (χ1n) is 5.63. The van der Waals surface area contributed by atoms with E-state index in [-0.39, 0.29) is 22.7 Å². The van der Waals surface area contributed by atoms with Crippen molar-refractivity contribution in [1.29, 1.82) is 5.26 Å². The number of nitriles is 1. The predicted molar refractivity (Wildman–Crippen MR) is 68.8 cm³/mol. The Labute approximate surface area is 114 Å². The van der Waals surface area contributed by atoms with Crippen molar-refractivity contribution in [2.24, 2.45) is 7.05 Å². The molecule has 1 aromatic heterocycles. The van der Waals surface area contributed by atoms with Crippen molar-refractivity contribution in [2.45, 2.75) is 0 Å². The monoisotopic (exact) mass is 274 g/mol. The number of ether oxygens (including phenoxy) is 1. The molecule has 7 heteroatoms. The van der Waals surface area contributed by atoms with Gasteiger partial charge in [0, 0.05) is 12.6 Å². The largest absolute Gasteiger partial charge is 0.494 e. The number of rotatable bonds is 3. The van der Waals surface area contributed by atoms with Crippen molar-refractivity contribution in [3.05, 3.63) is 41.3 Å². The fourth-order valence-corrected chi connectivity index (χ4v) is 1.65. The zero-order valence-electron chi connectivity index (χ0n) is 10.8. The molecule has 0 aliphatic carbocycles. The molecule has 0 aliphatic heterocycles. The number of nitrogens with zero attached hydrogens (tertiary/aromatic N) is 3. The lowest BCUT2D eigenvalue weighted by atomic mass is 10.2. The third-order valence-corrected chi connectivity index (χ3v) is 2.71. The van der Waals surface area contributed by atoms with E-state index in [0.29, 0.717) is 0 Å². The van der Waals surface area contributed by atoms with E-state index in [1.165, 1.54) is 30.1 Å². The van der Waals surface area contributed by atoms with E-state index in [4.69, 9.17) is 10.00 Å². The number of carbonyl (C=O) groups is 1. The molecule has 0 radical (unpaired) electrons. The molecule has 0 fully saturated rings. The van der Waals surface area contributed by atoms with Crippen LogP contribution >= 0.6 is 0 Å². The van der Waals surface area contributed by atoms with Crippen molar-refractivity contribution in [1.82, 2.24) is 9.78 Å². The minimum atomic E-state index is -0.634. The average molecular weight is 274 g/mol. The van der Waals surface area contributed by atoms with Gasteiger partial charge in [-0.2, -0.15) is 10.4 Å². The van der Waals surface area contributed by atoms with Crippen LogP contribution in [0.25, 0.3) is 0 Å². The molecular weight excluding hydrogens is 263 g/mol. The number of aromatic nitrogens is 2. The van der Waals surface area contributed by atoms with Crippen LogP contribution in [0, 0.1) is 17.1 Å². The molecule has 0 aliphatic rings. The van der Waals surface area contributed by atoms with Gasteiger partial charge in [0.2, 0.25) is 0 Å². The minimum absolute atomic E-state index is 0.0554. The van der Waals surface area contributed by atoms with Gasteiger partial charge in [0.25, 0.3) is 5.91 Å². The number of aryl methyl sites for hydroxylation is 1. The molecule has 0 bridgehead atoms. The molecule has 2 aromatic rings. The van der Waals surface area contributed by atoms with Gasteiger partial charge in [-0.15, -0.1) is 0 Å². The number of anilines is 1. The maximum Gasteiger partial charge on any atom is 0.256 e. The van der Waals surface area contributed by atoms with Crippen LogP contribution < -0.4 is 10.1 Å². The highest BCUT2D eigenvalue weighted by atomic mass is 19.1. The molecule has 0 saturated carbocycles. The summed E-state index contributed by atoms with van der Waals surface area (Å²) in [4.78, 5) is 12.0. The highest BCUT2D eigenvalue weighted by Gasteiger charge is 2.14. The highest BCUT2D eigenvalue weighted by Crippen LogP contribution is 2.19. The maximum atomic E-state index is 13.5. The summed E-state index contributed by atoms with van der Waals surface area (Å²) in [5.74, 6) is -0.856. The minimum Gasteiger partial charge on any atom is -0.494 e. The van der Waals surface area contributed by atoms with Gasteiger partial charge >= 0.3 is 0 Å². The molecule has 0 spiro atoms. The number of halogens is 1. The van der Waals surface area contributed by atoms with Crippen molar-refractivity contribution < 1.29 is 13.9 Å². The summed E-state index contributed by atoms with van der Waals surface area (Å²) in [7, 11) is 2.93. The van der Waals surface area contributed by atoms with Crippen molar-refractivity contribution in [3.8, 4) is 11.8 Å². The Bertz CT molecular complexity index is 703. The zero-order chi connectivity index (χ0) is 14.7. The molecular formula is C13H11FN4O2. The van der Waals surface area contributed by atoms with E-state index >= 15 is 0 Å². The molecule has 2 rings (SSSR count). The summed E-state index contributed by atoms with van der Waals surface area (Å²) in [5.41, 5.74) is 0.350. The first-order chi connectivity index (χ1) is 9.56. The molecule has 1 aromatic carbocycles. The molecule has 6 nitrogen and oxygen atoms in total. The predicted octanol–water partition coefficient (Wildman–Crippen LogP) is 1.69. The lowest BCUT2D eigenvalue weighted by Crippen LogP contribution is -2.15. The van der Waals surface area contributed by atoms with Gasteiger partial charge in [-0.25, -0.2) is 4.39 Å². The summed E-state index contributed by atoms with van der Waals surface area (Å²) < 4.78 is 19.7. The Morgan fingerprint density at radius 3 is 2.90 bits per heavy atom. The van der Waals surface area contributed by atoms with Crippen LogP contribution in [0.1, 0.15) is 15.9 Å². The van der Waals surface area contributed by atoms with Gasteiger partial charge in [0.05, 0.1) is 13.3 Å². The smallest absolute Gasteiger partial charge is 0.256 e. The maximum absolute atomic E-state index is 13.5. The number of amides is 1. The van der Waals surface area contributed by atoms with Crippen molar-refractivity contribution in [3.63, 3.8) is 0 Å². The second-order valence-corrected chi connectivity index (χ2v) is 3.95. The first-order valence-corrected chi connectivity index (χ1v) is 5.63. The Morgan fingerprint density at radius 1 is 1.55 bits per heavy atom. The van der Waals surface area contributed by atoms with Gasteiger partial charge < -0.3 is 10.1 Å². The van der Waals surface area contributed by atoms with Crippen LogP contribution in [0.4, 0.5) is 10.2 Å².